The molecule has 0 aliphatic heterocycles. The van der Waals surface area contributed by atoms with Gasteiger partial charge in [-0.1, -0.05) is 11.6 Å². The average molecular weight is 407 g/mol. The van der Waals surface area contributed by atoms with Gasteiger partial charge in [0.1, 0.15) is 5.69 Å². The zero-order valence-electron chi connectivity index (χ0n) is 10.3. The Morgan fingerprint density at radius 3 is 2.58 bits per heavy atom. The first kappa shape index (κ1) is 14.6. The van der Waals surface area contributed by atoms with Gasteiger partial charge in [-0.2, -0.15) is 0 Å². The Bertz CT molecular complexity index is 652. The summed E-state index contributed by atoms with van der Waals surface area (Å²) in [7, 11) is 1.82. The summed E-state index contributed by atoms with van der Waals surface area (Å²) in [6.07, 6.45) is 1.83. The summed E-state index contributed by atoms with van der Waals surface area (Å²) in [6, 6.07) is 5.37. The minimum atomic E-state index is -0.186. The van der Waals surface area contributed by atoms with Crippen LogP contribution >= 0.6 is 43.5 Å². The van der Waals surface area contributed by atoms with Crippen LogP contribution in [-0.2, 0) is 7.05 Å². The van der Waals surface area contributed by atoms with Crippen LogP contribution < -0.4 is 5.32 Å². The highest BCUT2D eigenvalue weighted by Crippen LogP contribution is 2.29. The third-order valence-corrected chi connectivity index (χ3v) is 4.20. The molecule has 2 rings (SSSR count). The molecule has 1 aromatic carbocycles. The summed E-state index contributed by atoms with van der Waals surface area (Å²) in [5.41, 5.74) is 2.17. The molecule has 1 heterocycles. The molecule has 0 bridgehead atoms. The Balaban J connectivity index is 2.29. The maximum absolute atomic E-state index is 12.2. The number of benzene rings is 1. The van der Waals surface area contributed by atoms with E-state index in [1.54, 1.807) is 16.7 Å². The summed E-state index contributed by atoms with van der Waals surface area (Å²) < 4.78 is 3.42. The van der Waals surface area contributed by atoms with E-state index >= 15 is 0 Å². The maximum atomic E-state index is 12.2. The van der Waals surface area contributed by atoms with Gasteiger partial charge in [0.2, 0.25) is 0 Å². The molecule has 0 aliphatic carbocycles. The SMILES string of the molecule is Cc1cc(Br)c(NC(=O)c2cc(Br)cn2C)cc1Cl. The Labute approximate surface area is 133 Å². The molecule has 1 amide bonds. The molecule has 0 aliphatic rings. The van der Waals surface area contributed by atoms with Gasteiger partial charge in [-0.3, -0.25) is 4.79 Å². The molecule has 0 fully saturated rings. The van der Waals surface area contributed by atoms with Crippen LogP contribution in [0.15, 0.2) is 33.3 Å². The van der Waals surface area contributed by atoms with E-state index in [9.17, 15) is 4.79 Å². The van der Waals surface area contributed by atoms with E-state index in [-0.39, 0.29) is 5.91 Å². The first-order valence-corrected chi connectivity index (χ1v) is 7.43. The molecule has 6 heteroatoms. The second-order valence-corrected chi connectivity index (χ2v) is 6.37. The number of rotatable bonds is 2. The maximum Gasteiger partial charge on any atom is 0.272 e. The molecule has 2 aromatic rings. The molecule has 1 aromatic heterocycles. The molecule has 0 radical (unpaired) electrons. The molecule has 0 unspecified atom stereocenters. The van der Waals surface area contributed by atoms with E-state index in [1.165, 1.54) is 0 Å². The van der Waals surface area contributed by atoms with Crippen LogP contribution in [0.3, 0.4) is 0 Å². The number of halogens is 3. The number of nitrogens with zero attached hydrogens (tertiary/aromatic N) is 1. The van der Waals surface area contributed by atoms with Crippen molar-refractivity contribution < 1.29 is 4.79 Å². The van der Waals surface area contributed by atoms with Crippen molar-refractivity contribution in [2.75, 3.05) is 5.32 Å². The summed E-state index contributed by atoms with van der Waals surface area (Å²) in [5, 5.41) is 3.45. The lowest BCUT2D eigenvalue weighted by Crippen LogP contribution is -2.15. The van der Waals surface area contributed by atoms with Crippen molar-refractivity contribution in [1.82, 2.24) is 4.57 Å². The van der Waals surface area contributed by atoms with Gasteiger partial charge in [0.15, 0.2) is 0 Å². The smallest absolute Gasteiger partial charge is 0.272 e. The first-order valence-electron chi connectivity index (χ1n) is 5.47. The number of hydrogen-bond acceptors (Lipinski definition) is 1. The van der Waals surface area contributed by atoms with Gasteiger partial charge in [0, 0.05) is 27.2 Å². The Hall–Kier alpha value is -0.780. The molecular weight excluding hydrogens is 395 g/mol. The number of aromatic nitrogens is 1. The van der Waals surface area contributed by atoms with Crippen LogP contribution in [0.2, 0.25) is 5.02 Å². The lowest BCUT2D eigenvalue weighted by atomic mass is 10.2. The minimum absolute atomic E-state index is 0.186. The van der Waals surface area contributed by atoms with Gasteiger partial charge >= 0.3 is 0 Å². The summed E-state index contributed by atoms with van der Waals surface area (Å²) >= 11 is 12.8. The van der Waals surface area contributed by atoms with E-state index in [2.05, 4.69) is 37.2 Å². The fourth-order valence-corrected chi connectivity index (χ4v) is 2.92. The second-order valence-electron chi connectivity index (χ2n) is 4.19. The van der Waals surface area contributed by atoms with Crippen molar-refractivity contribution in [2.45, 2.75) is 6.92 Å². The number of nitrogens with one attached hydrogen (secondary N) is 1. The summed E-state index contributed by atoms with van der Waals surface area (Å²) in [5.74, 6) is -0.186. The number of carbonyl (C=O) groups is 1. The van der Waals surface area contributed by atoms with Crippen LogP contribution in [0.5, 0.6) is 0 Å². The van der Waals surface area contributed by atoms with E-state index < -0.39 is 0 Å². The number of amides is 1. The molecule has 100 valence electrons. The quantitative estimate of drug-likeness (QED) is 0.766. The van der Waals surface area contributed by atoms with Crippen molar-refractivity contribution in [2.24, 2.45) is 7.05 Å². The van der Waals surface area contributed by atoms with Crippen molar-refractivity contribution >= 4 is 55.1 Å². The van der Waals surface area contributed by atoms with Crippen molar-refractivity contribution in [3.63, 3.8) is 0 Å². The van der Waals surface area contributed by atoms with E-state index in [4.69, 9.17) is 11.6 Å². The highest BCUT2D eigenvalue weighted by Gasteiger charge is 2.13. The van der Waals surface area contributed by atoms with Crippen molar-refractivity contribution in [3.8, 4) is 0 Å². The Kier molecular flexibility index (Phi) is 4.38. The number of hydrogen-bond donors (Lipinski definition) is 1. The van der Waals surface area contributed by atoms with Gasteiger partial charge < -0.3 is 9.88 Å². The monoisotopic (exact) mass is 404 g/mol. The van der Waals surface area contributed by atoms with Gasteiger partial charge in [0.05, 0.1) is 5.69 Å². The van der Waals surface area contributed by atoms with Gasteiger partial charge in [-0.25, -0.2) is 0 Å². The number of carbonyl (C=O) groups excluding carboxylic acids is 1. The predicted molar refractivity (Wildman–Crippen MR) is 85.0 cm³/mol. The summed E-state index contributed by atoms with van der Waals surface area (Å²) in [4.78, 5) is 12.2. The van der Waals surface area contributed by atoms with E-state index in [0.29, 0.717) is 16.4 Å². The molecule has 1 N–H and O–H groups in total. The van der Waals surface area contributed by atoms with Crippen LogP contribution in [0.25, 0.3) is 0 Å². The minimum Gasteiger partial charge on any atom is -0.345 e. The normalized spacial score (nSPS) is 10.6. The second kappa shape index (κ2) is 5.69. The average Bonchev–Trinajstić information content (AvgIpc) is 2.65. The standard InChI is InChI=1S/C13H11Br2ClN2O/c1-7-3-9(15)11(5-10(7)16)17-13(19)12-4-8(14)6-18(12)2/h3-6H,1-2H3,(H,17,19). The van der Waals surface area contributed by atoms with E-state index in [0.717, 1.165) is 14.5 Å². The lowest BCUT2D eigenvalue weighted by molar-refractivity contribution is 0.101. The Morgan fingerprint density at radius 2 is 2.00 bits per heavy atom. The van der Waals surface area contributed by atoms with Crippen LogP contribution in [0.1, 0.15) is 16.1 Å². The fraction of sp³-hybridized carbons (Fsp3) is 0.154. The Morgan fingerprint density at radius 1 is 1.32 bits per heavy atom. The zero-order valence-corrected chi connectivity index (χ0v) is 14.2. The van der Waals surface area contributed by atoms with Crippen LogP contribution in [0.4, 0.5) is 5.69 Å². The zero-order chi connectivity index (χ0) is 14.2. The highest BCUT2D eigenvalue weighted by molar-refractivity contribution is 9.10. The molecular formula is C13H11Br2ClN2O. The topological polar surface area (TPSA) is 34.0 Å². The lowest BCUT2D eigenvalue weighted by Gasteiger charge is -2.10. The third kappa shape index (κ3) is 3.22. The third-order valence-electron chi connectivity index (χ3n) is 2.70. The highest BCUT2D eigenvalue weighted by atomic mass is 79.9. The van der Waals surface area contributed by atoms with Crippen molar-refractivity contribution in [3.05, 3.63) is 49.6 Å². The van der Waals surface area contributed by atoms with Crippen molar-refractivity contribution in [1.29, 1.82) is 0 Å². The van der Waals surface area contributed by atoms with Crippen LogP contribution in [0, 0.1) is 6.92 Å². The van der Waals surface area contributed by atoms with Gasteiger partial charge in [0.25, 0.3) is 5.91 Å². The van der Waals surface area contributed by atoms with E-state index in [1.807, 2.05) is 26.2 Å². The molecule has 0 atom stereocenters. The summed E-state index contributed by atoms with van der Waals surface area (Å²) in [6.45, 7) is 1.91. The largest absolute Gasteiger partial charge is 0.345 e. The fourth-order valence-electron chi connectivity index (χ4n) is 1.68. The molecule has 0 saturated heterocycles. The molecule has 0 saturated carbocycles. The van der Waals surface area contributed by atoms with Gasteiger partial charge in [-0.15, -0.1) is 0 Å². The first-order chi connectivity index (χ1) is 8.88. The van der Waals surface area contributed by atoms with Gasteiger partial charge in [-0.05, 0) is 62.5 Å². The number of anilines is 1. The molecule has 19 heavy (non-hydrogen) atoms. The predicted octanol–water partition coefficient (Wildman–Crippen LogP) is 4.76. The molecule has 0 spiro atoms. The van der Waals surface area contributed by atoms with Crippen LogP contribution in [-0.4, -0.2) is 10.5 Å². The molecule has 3 nitrogen and oxygen atoms in total. The number of aryl methyl sites for hydroxylation is 2.